The van der Waals surface area contributed by atoms with E-state index in [4.69, 9.17) is 14.6 Å². The molecule has 0 unspecified atom stereocenters. The molecule has 0 aromatic rings. The summed E-state index contributed by atoms with van der Waals surface area (Å²) in [7, 11) is 0. The van der Waals surface area contributed by atoms with Crippen molar-refractivity contribution in [1.29, 1.82) is 0 Å². The Morgan fingerprint density at radius 2 is 1.72 bits per heavy atom. The van der Waals surface area contributed by atoms with E-state index in [0.717, 1.165) is 0 Å². The van der Waals surface area contributed by atoms with Crippen molar-refractivity contribution in [2.24, 2.45) is 0 Å². The third kappa shape index (κ3) is 10.7. The number of aliphatic carboxylic acids is 1. The van der Waals surface area contributed by atoms with E-state index >= 15 is 0 Å². The number of carboxylic acids is 1. The Balaban J connectivity index is 3.40. The lowest BCUT2D eigenvalue weighted by Gasteiger charge is -2.04. The minimum absolute atomic E-state index is 0.0456. The Labute approximate surface area is 106 Å². The van der Waals surface area contributed by atoms with Crippen molar-refractivity contribution in [3.8, 4) is 0 Å². The Morgan fingerprint density at radius 3 is 2.33 bits per heavy atom. The molecule has 0 rings (SSSR count). The molecule has 0 radical (unpaired) electrons. The number of carbonyl (C=O) groups is 3. The van der Waals surface area contributed by atoms with E-state index < -0.39 is 17.9 Å². The lowest BCUT2D eigenvalue weighted by molar-refractivity contribution is -0.144. The van der Waals surface area contributed by atoms with Gasteiger partial charge >= 0.3 is 17.9 Å². The van der Waals surface area contributed by atoms with Gasteiger partial charge in [-0.05, 0) is 13.3 Å². The molecule has 6 heteroatoms. The fourth-order valence-corrected chi connectivity index (χ4v) is 1.06. The first-order valence-corrected chi connectivity index (χ1v) is 5.73. The molecule has 0 fully saturated rings. The van der Waals surface area contributed by atoms with Crippen LogP contribution in [0.5, 0.6) is 0 Å². The Kier molecular flexibility index (Phi) is 9.25. The maximum absolute atomic E-state index is 11.1. The van der Waals surface area contributed by atoms with E-state index in [2.05, 4.69) is 0 Å². The lowest BCUT2D eigenvalue weighted by atomic mass is 10.2. The van der Waals surface area contributed by atoms with E-state index in [-0.39, 0.29) is 32.5 Å². The summed E-state index contributed by atoms with van der Waals surface area (Å²) in [5.41, 5.74) is 0. The van der Waals surface area contributed by atoms with Crippen molar-refractivity contribution < 1.29 is 29.0 Å². The summed E-state index contributed by atoms with van der Waals surface area (Å²) in [6, 6.07) is 0. The molecule has 0 saturated carbocycles. The zero-order valence-electron chi connectivity index (χ0n) is 10.4. The number of carbonyl (C=O) groups excluding carboxylic acids is 2. The van der Waals surface area contributed by atoms with Crippen LogP contribution in [0.1, 0.15) is 32.6 Å². The van der Waals surface area contributed by atoms with E-state index in [1.54, 1.807) is 13.0 Å². The number of ether oxygens (including phenoxy) is 2. The van der Waals surface area contributed by atoms with Crippen LogP contribution in [-0.4, -0.2) is 36.2 Å². The molecule has 6 nitrogen and oxygen atoms in total. The van der Waals surface area contributed by atoms with E-state index in [9.17, 15) is 14.4 Å². The highest BCUT2D eigenvalue weighted by Gasteiger charge is 2.05. The van der Waals surface area contributed by atoms with E-state index in [1.165, 1.54) is 6.08 Å². The summed E-state index contributed by atoms with van der Waals surface area (Å²) in [4.78, 5) is 32.2. The smallest absolute Gasteiger partial charge is 0.330 e. The maximum atomic E-state index is 11.1. The van der Waals surface area contributed by atoms with Gasteiger partial charge < -0.3 is 14.6 Å². The second kappa shape index (κ2) is 10.3. The number of allylic oxidation sites excluding steroid dienone is 1. The molecule has 0 bridgehead atoms. The van der Waals surface area contributed by atoms with Gasteiger partial charge in [0.2, 0.25) is 0 Å². The van der Waals surface area contributed by atoms with Crippen molar-refractivity contribution >= 4 is 17.9 Å². The first-order chi connectivity index (χ1) is 8.56. The van der Waals surface area contributed by atoms with Gasteiger partial charge in [-0.3, -0.25) is 9.59 Å². The summed E-state index contributed by atoms with van der Waals surface area (Å²) in [5, 5.41) is 8.36. The molecule has 0 aliphatic rings. The summed E-state index contributed by atoms with van der Waals surface area (Å²) in [5.74, 6) is -1.79. The van der Waals surface area contributed by atoms with Gasteiger partial charge in [0.15, 0.2) is 0 Å². The average molecular weight is 258 g/mol. The molecule has 0 saturated heterocycles. The molecule has 0 spiro atoms. The standard InChI is InChI=1S/C12H18O6/c1-2-5-11(15)17-8-4-9-18-12(16)7-3-6-10(13)14/h2,5H,3-4,6-9H2,1H3,(H,13,14). The van der Waals surface area contributed by atoms with Crippen molar-refractivity contribution in [3.63, 3.8) is 0 Å². The Hall–Kier alpha value is -1.85. The molecule has 1 N–H and O–H groups in total. The summed E-state index contributed by atoms with van der Waals surface area (Å²) < 4.78 is 9.61. The van der Waals surface area contributed by atoms with E-state index in [1.807, 2.05) is 0 Å². The van der Waals surface area contributed by atoms with Crippen molar-refractivity contribution in [2.45, 2.75) is 32.6 Å². The summed E-state index contributed by atoms with van der Waals surface area (Å²) >= 11 is 0. The number of carboxylic acid groups (broad SMARTS) is 1. The molecule has 18 heavy (non-hydrogen) atoms. The van der Waals surface area contributed by atoms with Gasteiger partial charge in [0.25, 0.3) is 0 Å². The first-order valence-electron chi connectivity index (χ1n) is 5.73. The fraction of sp³-hybridized carbons (Fsp3) is 0.583. The summed E-state index contributed by atoms with van der Waals surface area (Å²) in [6.07, 6.45) is 3.61. The second-order valence-electron chi connectivity index (χ2n) is 3.49. The molecule has 0 aromatic heterocycles. The average Bonchev–Trinajstić information content (AvgIpc) is 2.28. The quantitative estimate of drug-likeness (QED) is 0.381. The molecule has 0 aliphatic heterocycles. The first kappa shape index (κ1) is 16.1. The highest BCUT2D eigenvalue weighted by atomic mass is 16.5. The van der Waals surface area contributed by atoms with Gasteiger partial charge in [0, 0.05) is 25.3 Å². The van der Waals surface area contributed by atoms with Gasteiger partial charge in [0.1, 0.15) is 0 Å². The number of rotatable bonds is 9. The Bertz CT molecular complexity index is 308. The molecule has 0 heterocycles. The van der Waals surface area contributed by atoms with Crippen LogP contribution < -0.4 is 0 Å². The van der Waals surface area contributed by atoms with Crippen LogP contribution in [0.4, 0.5) is 0 Å². The van der Waals surface area contributed by atoms with Crippen LogP contribution >= 0.6 is 0 Å². The van der Waals surface area contributed by atoms with Crippen LogP contribution in [0, 0.1) is 0 Å². The highest BCUT2D eigenvalue weighted by molar-refractivity contribution is 5.81. The largest absolute Gasteiger partial charge is 0.481 e. The molecule has 0 aliphatic carbocycles. The molecule has 0 amide bonds. The predicted molar refractivity (Wildman–Crippen MR) is 62.8 cm³/mol. The topological polar surface area (TPSA) is 89.9 Å². The minimum Gasteiger partial charge on any atom is -0.481 e. The minimum atomic E-state index is -0.932. The van der Waals surface area contributed by atoms with Crippen molar-refractivity contribution in [2.75, 3.05) is 13.2 Å². The van der Waals surface area contributed by atoms with Crippen LogP contribution in [-0.2, 0) is 23.9 Å². The number of hydrogen-bond donors (Lipinski definition) is 1. The van der Waals surface area contributed by atoms with Crippen molar-refractivity contribution in [1.82, 2.24) is 0 Å². The van der Waals surface area contributed by atoms with Crippen LogP contribution in [0.2, 0.25) is 0 Å². The molecule has 0 aromatic carbocycles. The van der Waals surface area contributed by atoms with Gasteiger partial charge in [-0.2, -0.15) is 0 Å². The Morgan fingerprint density at radius 1 is 1.06 bits per heavy atom. The monoisotopic (exact) mass is 258 g/mol. The molecular weight excluding hydrogens is 240 g/mol. The van der Waals surface area contributed by atoms with Gasteiger partial charge in [-0.15, -0.1) is 0 Å². The highest BCUT2D eigenvalue weighted by Crippen LogP contribution is 1.98. The second-order valence-corrected chi connectivity index (χ2v) is 3.49. The van der Waals surface area contributed by atoms with Crippen LogP contribution in [0.3, 0.4) is 0 Å². The molecule has 102 valence electrons. The van der Waals surface area contributed by atoms with Crippen LogP contribution in [0.15, 0.2) is 12.2 Å². The van der Waals surface area contributed by atoms with Gasteiger partial charge in [0.05, 0.1) is 13.2 Å². The van der Waals surface area contributed by atoms with Gasteiger partial charge in [-0.1, -0.05) is 6.08 Å². The normalized spacial score (nSPS) is 10.3. The van der Waals surface area contributed by atoms with Crippen molar-refractivity contribution in [3.05, 3.63) is 12.2 Å². The lowest BCUT2D eigenvalue weighted by Crippen LogP contribution is -2.10. The zero-order valence-corrected chi connectivity index (χ0v) is 10.4. The number of hydrogen-bond acceptors (Lipinski definition) is 5. The van der Waals surface area contributed by atoms with Gasteiger partial charge in [-0.25, -0.2) is 4.79 Å². The summed E-state index contributed by atoms with van der Waals surface area (Å²) in [6.45, 7) is 2.06. The number of esters is 2. The zero-order chi connectivity index (χ0) is 13.8. The maximum Gasteiger partial charge on any atom is 0.330 e. The SMILES string of the molecule is CC=CC(=O)OCCCOC(=O)CCCC(=O)O. The fourth-order valence-electron chi connectivity index (χ4n) is 1.06. The molecule has 0 atom stereocenters. The predicted octanol–water partition coefficient (Wildman–Crippen LogP) is 1.29. The van der Waals surface area contributed by atoms with Crippen LogP contribution in [0.25, 0.3) is 0 Å². The molecular formula is C12H18O6. The third-order valence-electron chi connectivity index (χ3n) is 1.87. The van der Waals surface area contributed by atoms with E-state index in [0.29, 0.717) is 6.42 Å². The third-order valence-corrected chi connectivity index (χ3v) is 1.87.